The highest BCUT2D eigenvalue weighted by Gasteiger charge is 2.38. The summed E-state index contributed by atoms with van der Waals surface area (Å²) in [6, 6.07) is 8.83. The number of nitrogens with zero attached hydrogens (tertiary/aromatic N) is 4. The van der Waals surface area contributed by atoms with E-state index < -0.39 is 16.4 Å². The molecule has 2 heterocycles. The Labute approximate surface area is 183 Å². The first-order chi connectivity index (χ1) is 15.3. The molecule has 1 amide bonds. The average molecular weight is 435 g/mol. The van der Waals surface area contributed by atoms with E-state index in [0.29, 0.717) is 5.56 Å². The number of aromatic nitrogens is 2. The number of aliphatic hydroxyl groups is 1. The van der Waals surface area contributed by atoms with Crippen LogP contribution in [-0.2, 0) is 5.60 Å². The second-order valence-electron chi connectivity index (χ2n) is 6.94. The number of rotatable bonds is 7. The predicted octanol–water partition coefficient (Wildman–Crippen LogP) is 2.81. The lowest BCUT2D eigenvalue weighted by molar-refractivity contribution is -0.386. The van der Waals surface area contributed by atoms with Gasteiger partial charge in [0.05, 0.1) is 22.4 Å². The maximum Gasteiger partial charge on any atom is 0.275 e. The molecule has 3 rings (SSSR count). The summed E-state index contributed by atoms with van der Waals surface area (Å²) in [6.45, 7) is 3.21. The van der Waals surface area contributed by atoms with Crippen LogP contribution in [0, 0.1) is 17.0 Å². The van der Waals surface area contributed by atoms with Crippen molar-refractivity contribution < 1.29 is 19.9 Å². The molecule has 0 bridgehead atoms. The first-order valence-electron chi connectivity index (χ1n) is 9.68. The van der Waals surface area contributed by atoms with Crippen molar-refractivity contribution in [2.75, 3.05) is 0 Å². The van der Waals surface area contributed by atoms with Gasteiger partial charge in [-0.2, -0.15) is 5.10 Å². The maximum absolute atomic E-state index is 12.2. The van der Waals surface area contributed by atoms with E-state index in [9.17, 15) is 25.1 Å². The third kappa shape index (κ3) is 4.30. The number of amides is 1. The molecule has 0 radical (unpaired) electrons. The van der Waals surface area contributed by atoms with Crippen molar-refractivity contribution >= 4 is 17.8 Å². The topological polar surface area (TPSA) is 151 Å². The lowest BCUT2D eigenvalue weighted by Gasteiger charge is -2.29. The number of benzene rings is 1. The van der Waals surface area contributed by atoms with Crippen LogP contribution in [0.25, 0.3) is 0 Å². The van der Waals surface area contributed by atoms with E-state index in [-0.39, 0.29) is 40.2 Å². The zero-order chi connectivity index (χ0) is 23.3. The van der Waals surface area contributed by atoms with Crippen LogP contribution in [0.15, 0.2) is 60.1 Å². The van der Waals surface area contributed by atoms with Crippen molar-refractivity contribution in [2.24, 2.45) is 5.10 Å². The van der Waals surface area contributed by atoms with Crippen LogP contribution in [-0.4, -0.2) is 37.2 Å². The predicted molar refractivity (Wildman–Crippen MR) is 116 cm³/mol. The van der Waals surface area contributed by atoms with Gasteiger partial charge in [-0.25, -0.2) is 5.43 Å². The number of hydrogen-bond donors (Lipinski definition) is 3. The van der Waals surface area contributed by atoms with Gasteiger partial charge in [-0.1, -0.05) is 19.1 Å². The molecule has 0 aliphatic rings. The van der Waals surface area contributed by atoms with Gasteiger partial charge in [-0.15, -0.1) is 0 Å². The minimum absolute atomic E-state index is 0.0479. The van der Waals surface area contributed by atoms with Gasteiger partial charge in [0, 0.05) is 41.3 Å². The smallest absolute Gasteiger partial charge is 0.275 e. The fourth-order valence-corrected chi connectivity index (χ4v) is 3.31. The molecule has 0 fully saturated rings. The molecular weight excluding hydrogens is 414 g/mol. The molecule has 0 spiro atoms. The van der Waals surface area contributed by atoms with Crippen LogP contribution in [0.2, 0.25) is 0 Å². The largest absolute Gasteiger partial charge is 0.505 e. The molecule has 10 nitrogen and oxygen atoms in total. The first-order valence-corrected chi connectivity index (χ1v) is 9.68. The van der Waals surface area contributed by atoms with Crippen LogP contribution in [0.4, 0.5) is 5.69 Å². The first kappa shape index (κ1) is 22.5. The summed E-state index contributed by atoms with van der Waals surface area (Å²) in [5, 5.41) is 37.6. The Kier molecular flexibility index (Phi) is 6.55. The standard InChI is InChI=1S/C22H21N5O5/c1-3-22(30,17-6-4-5-7-19(17)27(31)32)18-13-24-14(2)20(28)16(18)12-25-26-21(29)15-8-10-23-11-9-15/h4-13,28,30H,3H2,1-2H3,(H,26,29). The number of para-hydroxylation sites is 1. The highest BCUT2D eigenvalue weighted by Crippen LogP contribution is 2.41. The summed E-state index contributed by atoms with van der Waals surface area (Å²) in [5.41, 5.74) is 1.05. The average Bonchev–Trinajstić information content (AvgIpc) is 2.81. The number of pyridine rings is 2. The molecule has 0 aliphatic carbocycles. The summed E-state index contributed by atoms with van der Waals surface area (Å²) >= 11 is 0. The quantitative estimate of drug-likeness (QED) is 0.293. The van der Waals surface area contributed by atoms with Crippen LogP contribution in [0.3, 0.4) is 0 Å². The summed E-state index contributed by atoms with van der Waals surface area (Å²) in [4.78, 5) is 31.1. The number of aryl methyl sites for hydroxylation is 1. The zero-order valence-electron chi connectivity index (χ0n) is 17.4. The molecule has 3 aromatic rings. The molecule has 0 saturated heterocycles. The van der Waals surface area contributed by atoms with Crippen molar-refractivity contribution in [1.82, 2.24) is 15.4 Å². The Morgan fingerprint density at radius 2 is 1.94 bits per heavy atom. The number of nitro benzene ring substituents is 1. The van der Waals surface area contributed by atoms with E-state index in [4.69, 9.17) is 0 Å². The van der Waals surface area contributed by atoms with Gasteiger partial charge >= 0.3 is 0 Å². The van der Waals surface area contributed by atoms with Crippen LogP contribution < -0.4 is 5.43 Å². The number of carbonyl (C=O) groups is 1. The fraction of sp³-hybridized carbons (Fsp3) is 0.182. The van der Waals surface area contributed by atoms with Crippen LogP contribution >= 0.6 is 0 Å². The van der Waals surface area contributed by atoms with Gasteiger partial charge in [0.25, 0.3) is 11.6 Å². The molecule has 32 heavy (non-hydrogen) atoms. The molecule has 3 N–H and O–H groups in total. The van der Waals surface area contributed by atoms with E-state index >= 15 is 0 Å². The summed E-state index contributed by atoms with van der Waals surface area (Å²) in [5.74, 6) is -0.769. The third-order valence-electron chi connectivity index (χ3n) is 5.08. The SMILES string of the molecule is CCC(O)(c1ccccc1[N+](=O)[O-])c1cnc(C)c(O)c1C=NNC(=O)c1ccncc1. The Morgan fingerprint density at radius 1 is 1.25 bits per heavy atom. The number of aromatic hydroxyl groups is 1. The van der Waals surface area contributed by atoms with Crippen molar-refractivity contribution in [3.05, 3.63) is 93.1 Å². The highest BCUT2D eigenvalue weighted by molar-refractivity contribution is 5.95. The second kappa shape index (κ2) is 9.31. The van der Waals surface area contributed by atoms with Crippen LogP contribution in [0.5, 0.6) is 5.75 Å². The monoisotopic (exact) mass is 435 g/mol. The van der Waals surface area contributed by atoms with Gasteiger partial charge in [-0.05, 0) is 31.5 Å². The third-order valence-corrected chi connectivity index (χ3v) is 5.08. The van der Waals surface area contributed by atoms with E-state index in [0.717, 1.165) is 0 Å². The Balaban J connectivity index is 2.07. The number of hydrogen-bond acceptors (Lipinski definition) is 8. The summed E-state index contributed by atoms with van der Waals surface area (Å²) in [7, 11) is 0. The minimum atomic E-state index is -1.85. The van der Waals surface area contributed by atoms with Crippen LogP contribution in [0.1, 0.15) is 46.1 Å². The molecule has 2 aromatic heterocycles. The van der Waals surface area contributed by atoms with Gasteiger partial charge in [0.2, 0.25) is 0 Å². The maximum atomic E-state index is 12.2. The summed E-state index contributed by atoms with van der Waals surface area (Å²) < 4.78 is 0. The molecular formula is C22H21N5O5. The number of carbonyl (C=O) groups excluding carboxylic acids is 1. The fourth-order valence-electron chi connectivity index (χ4n) is 3.31. The van der Waals surface area contributed by atoms with E-state index in [1.54, 1.807) is 19.9 Å². The van der Waals surface area contributed by atoms with Gasteiger partial charge < -0.3 is 10.2 Å². The molecule has 1 aromatic carbocycles. The lowest BCUT2D eigenvalue weighted by Crippen LogP contribution is -2.29. The Bertz CT molecular complexity index is 1180. The minimum Gasteiger partial charge on any atom is -0.505 e. The van der Waals surface area contributed by atoms with Gasteiger partial charge in [-0.3, -0.25) is 24.9 Å². The molecule has 164 valence electrons. The van der Waals surface area contributed by atoms with Crippen molar-refractivity contribution in [2.45, 2.75) is 25.9 Å². The van der Waals surface area contributed by atoms with Crippen molar-refractivity contribution in [1.29, 1.82) is 0 Å². The normalized spacial score (nSPS) is 13.0. The second-order valence-corrected chi connectivity index (χ2v) is 6.94. The molecule has 0 saturated carbocycles. The zero-order valence-corrected chi connectivity index (χ0v) is 17.4. The van der Waals surface area contributed by atoms with Crippen molar-refractivity contribution in [3.63, 3.8) is 0 Å². The number of hydrazone groups is 1. The lowest BCUT2D eigenvalue weighted by atomic mass is 9.81. The molecule has 10 heteroatoms. The summed E-state index contributed by atoms with van der Waals surface area (Å²) in [6.07, 6.45) is 5.48. The van der Waals surface area contributed by atoms with Crippen molar-refractivity contribution in [3.8, 4) is 5.75 Å². The Hall–Kier alpha value is -4.18. The molecule has 1 unspecified atom stereocenters. The van der Waals surface area contributed by atoms with E-state index in [1.165, 1.54) is 55.1 Å². The Morgan fingerprint density at radius 3 is 2.59 bits per heavy atom. The molecule has 0 aliphatic heterocycles. The van der Waals surface area contributed by atoms with E-state index in [1.807, 2.05) is 0 Å². The van der Waals surface area contributed by atoms with E-state index in [2.05, 4.69) is 20.5 Å². The highest BCUT2D eigenvalue weighted by atomic mass is 16.6. The number of nitrogens with one attached hydrogen (secondary N) is 1. The number of nitro groups is 1. The van der Waals surface area contributed by atoms with Gasteiger partial charge in [0.1, 0.15) is 11.4 Å². The van der Waals surface area contributed by atoms with Gasteiger partial charge in [0.15, 0.2) is 0 Å². The molecule has 1 atom stereocenters.